The Balaban J connectivity index is 3.49. The van der Waals surface area contributed by atoms with Gasteiger partial charge in [-0.05, 0) is 13.3 Å². The van der Waals surface area contributed by atoms with Gasteiger partial charge in [0.2, 0.25) is 0 Å². The molecule has 0 heterocycles. The molecule has 80 valence electrons. The first-order valence-electron chi connectivity index (χ1n) is 3.98. The molecule has 2 unspecified atom stereocenters. The predicted molar refractivity (Wildman–Crippen MR) is 46.8 cm³/mol. The van der Waals surface area contributed by atoms with Crippen LogP contribution in [0.5, 0.6) is 0 Å². The molecule has 2 nitrogen and oxygen atoms in total. The molecule has 13 heavy (non-hydrogen) atoms. The van der Waals surface area contributed by atoms with Gasteiger partial charge in [-0.25, -0.2) is 0 Å². The van der Waals surface area contributed by atoms with Gasteiger partial charge in [-0.2, -0.15) is 13.2 Å². The van der Waals surface area contributed by atoms with Gasteiger partial charge in [0.05, 0.1) is 0 Å². The summed E-state index contributed by atoms with van der Waals surface area (Å²) in [7, 11) is -1.21. The Morgan fingerprint density at radius 1 is 1.46 bits per heavy atom. The fourth-order valence-corrected chi connectivity index (χ4v) is 2.03. The van der Waals surface area contributed by atoms with Crippen LogP contribution in [0, 0.1) is 0 Å². The van der Waals surface area contributed by atoms with Crippen LogP contribution in [0.15, 0.2) is 0 Å². The van der Waals surface area contributed by atoms with Crippen LogP contribution < -0.4 is 5.73 Å². The van der Waals surface area contributed by atoms with Gasteiger partial charge in [0, 0.05) is 34.8 Å². The highest BCUT2D eigenvalue weighted by Crippen LogP contribution is 2.21. The normalized spacial score (nSPS) is 17.0. The third kappa shape index (κ3) is 9.82. The zero-order valence-corrected chi connectivity index (χ0v) is 8.25. The lowest BCUT2D eigenvalue weighted by atomic mass is 10.3. The van der Waals surface area contributed by atoms with Crippen LogP contribution in [0.1, 0.15) is 19.8 Å². The lowest BCUT2D eigenvalue weighted by Crippen LogP contribution is -2.24. The fraction of sp³-hybridized carbons (Fsp3) is 1.00. The zero-order chi connectivity index (χ0) is 10.5. The molecule has 0 aromatic carbocycles. The molecular weight excluding hydrogens is 203 g/mol. The molecule has 0 spiro atoms. The predicted octanol–water partition coefficient (Wildman–Crippen LogP) is 1.42. The maximum Gasteiger partial charge on any atom is 0.389 e. The van der Waals surface area contributed by atoms with E-state index in [1.807, 2.05) is 0 Å². The van der Waals surface area contributed by atoms with Crippen LogP contribution in [0.4, 0.5) is 13.2 Å². The maximum absolute atomic E-state index is 11.6. The van der Waals surface area contributed by atoms with Crippen molar-refractivity contribution in [1.82, 2.24) is 0 Å². The van der Waals surface area contributed by atoms with Crippen molar-refractivity contribution in [2.75, 3.05) is 11.5 Å². The first kappa shape index (κ1) is 12.9. The number of rotatable bonds is 5. The second-order valence-electron chi connectivity index (χ2n) is 3.01. The van der Waals surface area contributed by atoms with E-state index in [4.69, 9.17) is 5.73 Å². The molecule has 6 heteroatoms. The third-order valence-corrected chi connectivity index (χ3v) is 2.92. The molecule has 0 aliphatic carbocycles. The molecule has 0 saturated heterocycles. The quantitative estimate of drug-likeness (QED) is 0.757. The Morgan fingerprint density at radius 3 is 2.38 bits per heavy atom. The lowest BCUT2D eigenvalue weighted by molar-refractivity contribution is -0.134. The van der Waals surface area contributed by atoms with Crippen molar-refractivity contribution in [1.29, 1.82) is 0 Å². The van der Waals surface area contributed by atoms with E-state index in [1.165, 1.54) is 0 Å². The maximum atomic E-state index is 11.6. The summed E-state index contributed by atoms with van der Waals surface area (Å²) in [6.07, 6.45) is -5.08. The molecule has 0 radical (unpaired) electrons. The number of halogens is 3. The van der Waals surface area contributed by atoms with Gasteiger partial charge in [-0.15, -0.1) is 0 Å². The van der Waals surface area contributed by atoms with Crippen LogP contribution >= 0.6 is 0 Å². The van der Waals surface area contributed by atoms with Gasteiger partial charge in [0.15, 0.2) is 0 Å². The van der Waals surface area contributed by atoms with E-state index < -0.39 is 23.4 Å². The Kier molecular flexibility index (Phi) is 5.55. The molecule has 0 bridgehead atoms. The molecule has 2 atom stereocenters. The highest BCUT2D eigenvalue weighted by molar-refractivity contribution is 7.85. The van der Waals surface area contributed by atoms with Crippen LogP contribution in [-0.2, 0) is 10.8 Å². The molecule has 0 aliphatic rings. The van der Waals surface area contributed by atoms with Gasteiger partial charge < -0.3 is 5.73 Å². The van der Waals surface area contributed by atoms with Crippen molar-refractivity contribution in [2.45, 2.75) is 32.0 Å². The SMILES string of the molecule is CC(N)CS(=O)CCCC(F)(F)F. The zero-order valence-electron chi connectivity index (χ0n) is 7.43. The molecule has 2 N–H and O–H groups in total. The molecule has 0 rings (SSSR count). The van der Waals surface area contributed by atoms with Crippen molar-refractivity contribution in [3.05, 3.63) is 0 Å². The molecule has 0 aliphatic heterocycles. The summed E-state index contributed by atoms with van der Waals surface area (Å²) >= 11 is 0. The average Bonchev–Trinajstić information content (AvgIpc) is 1.81. The minimum Gasteiger partial charge on any atom is -0.327 e. The van der Waals surface area contributed by atoms with E-state index in [0.717, 1.165) is 0 Å². The molecular formula is C7H14F3NOS. The van der Waals surface area contributed by atoms with Crippen molar-refractivity contribution in [3.8, 4) is 0 Å². The van der Waals surface area contributed by atoms with E-state index in [-0.39, 0.29) is 24.0 Å². The van der Waals surface area contributed by atoms with Crippen molar-refractivity contribution in [3.63, 3.8) is 0 Å². The van der Waals surface area contributed by atoms with E-state index in [1.54, 1.807) is 6.92 Å². The second kappa shape index (κ2) is 5.59. The number of alkyl halides is 3. The summed E-state index contributed by atoms with van der Waals surface area (Å²) in [6, 6.07) is -0.216. The second-order valence-corrected chi connectivity index (χ2v) is 4.63. The topological polar surface area (TPSA) is 43.1 Å². The van der Waals surface area contributed by atoms with Crippen LogP contribution in [-0.4, -0.2) is 27.9 Å². The van der Waals surface area contributed by atoms with Crippen LogP contribution in [0.25, 0.3) is 0 Å². The van der Waals surface area contributed by atoms with Crippen molar-refractivity contribution in [2.24, 2.45) is 5.73 Å². The Hall–Kier alpha value is -0.100. The van der Waals surface area contributed by atoms with Gasteiger partial charge >= 0.3 is 6.18 Å². The average molecular weight is 217 g/mol. The van der Waals surface area contributed by atoms with Crippen molar-refractivity contribution >= 4 is 10.8 Å². The Labute approximate surface area is 78.1 Å². The number of hydrogen-bond donors (Lipinski definition) is 1. The summed E-state index contributed by atoms with van der Waals surface area (Å²) in [5.74, 6) is 0.360. The van der Waals surface area contributed by atoms with Crippen molar-refractivity contribution < 1.29 is 17.4 Å². The number of hydrogen-bond acceptors (Lipinski definition) is 2. The summed E-state index contributed by atoms with van der Waals surface area (Å²) in [5, 5.41) is 0. The van der Waals surface area contributed by atoms with E-state index in [9.17, 15) is 17.4 Å². The summed E-state index contributed by atoms with van der Waals surface area (Å²) < 4.78 is 45.9. The highest BCUT2D eigenvalue weighted by atomic mass is 32.2. The van der Waals surface area contributed by atoms with E-state index >= 15 is 0 Å². The summed E-state index contributed by atoms with van der Waals surface area (Å²) in [6.45, 7) is 1.68. The first-order valence-corrected chi connectivity index (χ1v) is 5.47. The third-order valence-electron chi connectivity index (χ3n) is 1.28. The minimum atomic E-state index is -4.14. The smallest absolute Gasteiger partial charge is 0.327 e. The minimum absolute atomic E-state index is 0.0805. The summed E-state index contributed by atoms with van der Waals surface area (Å²) in [5.41, 5.74) is 5.34. The monoisotopic (exact) mass is 217 g/mol. The Bertz CT molecular complexity index is 170. The lowest BCUT2D eigenvalue weighted by Gasteiger charge is -2.07. The van der Waals surface area contributed by atoms with Gasteiger partial charge in [0.25, 0.3) is 0 Å². The summed E-state index contributed by atoms with van der Waals surface area (Å²) in [4.78, 5) is 0. The number of nitrogens with two attached hydrogens (primary N) is 1. The standard InChI is InChI=1S/C7H14F3NOS/c1-6(11)5-13(12)4-2-3-7(8,9)10/h6H,2-5,11H2,1H3. The van der Waals surface area contributed by atoms with Gasteiger partial charge in [-0.3, -0.25) is 4.21 Å². The first-order chi connectivity index (χ1) is 5.81. The molecule has 0 fully saturated rings. The van der Waals surface area contributed by atoms with Gasteiger partial charge in [0.1, 0.15) is 0 Å². The molecule has 0 saturated carbocycles. The van der Waals surface area contributed by atoms with E-state index in [2.05, 4.69) is 0 Å². The largest absolute Gasteiger partial charge is 0.389 e. The fourth-order valence-electron chi connectivity index (χ4n) is 0.810. The van der Waals surface area contributed by atoms with Crippen LogP contribution in [0.3, 0.4) is 0 Å². The van der Waals surface area contributed by atoms with Crippen LogP contribution in [0.2, 0.25) is 0 Å². The Morgan fingerprint density at radius 2 is 2.00 bits per heavy atom. The molecule has 0 aromatic heterocycles. The van der Waals surface area contributed by atoms with E-state index in [0.29, 0.717) is 0 Å². The van der Waals surface area contributed by atoms with Gasteiger partial charge in [-0.1, -0.05) is 0 Å². The highest BCUT2D eigenvalue weighted by Gasteiger charge is 2.26. The molecule has 0 amide bonds. The molecule has 0 aromatic rings.